The van der Waals surface area contributed by atoms with Crippen molar-refractivity contribution in [2.45, 2.75) is 19.9 Å². The van der Waals surface area contributed by atoms with E-state index >= 15 is 0 Å². The number of nitrogens with one attached hydrogen (secondary N) is 1. The van der Waals surface area contributed by atoms with Crippen molar-refractivity contribution in [1.29, 1.82) is 0 Å². The van der Waals surface area contributed by atoms with Crippen LogP contribution in [0.15, 0.2) is 36.5 Å². The van der Waals surface area contributed by atoms with Crippen LogP contribution in [0.25, 0.3) is 0 Å². The minimum Gasteiger partial charge on any atom is -0.309 e. The second-order valence-electron chi connectivity index (χ2n) is 4.46. The number of aromatic nitrogens is 1. The summed E-state index contributed by atoms with van der Waals surface area (Å²) >= 11 is 0. The molecule has 0 radical (unpaired) electrons. The van der Waals surface area contributed by atoms with Gasteiger partial charge >= 0.3 is 0 Å². The van der Waals surface area contributed by atoms with Crippen molar-refractivity contribution < 1.29 is 4.39 Å². The SMILES string of the molecule is CNC(c1ccc(C)nc1)c1ccc(F)c(C)c1. The number of halogens is 1. The Morgan fingerprint density at radius 3 is 2.39 bits per heavy atom. The lowest BCUT2D eigenvalue weighted by atomic mass is 9.98. The van der Waals surface area contributed by atoms with E-state index in [1.165, 1.54) is 6.07 Å². The Balaban J connectivity index is 2.38. The van der Waals surface area contributed by atoms with Gasteiger partial charge in [0.25, 0.3) is 0 Å². The van der Waals surface area contributed by atoms with Gasteiger partial charge in [0.15, 0.2) is 0 Å². The molecule has 0 fully saturated rings. The third kappa shape index (κ3) is 2.57. The van der Waals surface area contributed by atoms with E-state index < -0.39 is 0 Å². The molecule has 1 aromatic carbocycles. The maximum absolute atomic E-state index is 13.3. The first-order chi connectivity index (χ1) is 8.61. The molecule has 0 saturated heterocycles. The van der Waals surface area contributed by atoms with Crippen molar-refractivity contribution in [1.82, 2.24) is 10.3 Å². The molecule has 0 aliphatic heterocycles. The molecule has 0 aliphatic carbocycles. The molecule has 1 heterocycles. The van der Waals surface area contributed by atoms with Gasteiger partial charge in [-0.2, -0.15) is 0 Å². The van der Waals surface area contributed by atoms with Crippen LogP contribution in [-0.2, 0) is 0 Å². The molecular formula is C15H17FN2. The van der Waals surface area contributed by atoms with Crippen molar-refractivity contribution >= 4 is 0 Å². The van der Waals surface area contributed by atoms with Crippen LogP contribution in [-0.4, -0.2) is 12.0 Å². The van der Waals surface area contributed by atoms with E-state index in [2.05, 4.69) is 10.3 Å². The first-order valence-electron chi connectivity index (χ1n) is 5.97. The van der Waals surface area contributed by atoms with Gasteiger partial charge in [-0.15, -0.1) is 0 Å². The second-order valence-corrected chi connectivity index (χ2v) is 4.46. The highest BCUT2D eigenvalue weighted by molar-refractivity contribution is 5.33. The molecule has 1 aromatic heterocycles. The van der Waals surface area contributed by atoms with Gasteiger partial charge < -0.3 is 5.32 Å². The number of hydrogen-bond acceptors (Lipinski definition) is 2. The Hall–Kier alpha value is -1.74. The molecule has 2 rings (SSSR count). The van der Waals surface area contributed by atoms with E-state index in [1.54, 1.807) is 6.92 Å². The highest BCUT2D eigenvalue weighted by Crippen LogP contribution is 2.23. The second kappa shape index (κ2) is 5.27. The predicted molar refractivity (Wildman–Crippen MR) is 71.0 cm³/mol. The summed E-state index contributed by atoms with van der Waals surface area (Å²) in [5.41, 5.74) is 3.77. The molecule has 18 heavy (non-hydrogen) atoms. The van der Waals surface area contributed by atoms with E-state index in [4.69, 9.17) is 0 Å². The van der Waals surface area contributed by atoms with Crippen molar-refractivity contribution in [3.05, 3.63) is 64.7 Å². The normalized spacial score (nSPS) is 12.4. The predicted octanol–water partition coefficient (Wildman–Crippen LogP) is 3.15. The average molecular weight is 244 g/mol. The Morgan fingerprint density at radius 1 is 1.11 bits per heavy atom. The van der Waals surface area contributed by atoms with Gasteiger partial charge in [0, 0.05) is 11.9 Å². The largest absolute Gasteiger partial charge is 0.309 e. The van der Waals surface area contributed by atoms with Crippen molar-refractivity contribution in [2.75, 3.05) is 7.05 Å². The Kier molecular flexibility index (Phi) is 3.72. The van der Waals surface area contributed by atoms with Gasteiger partial charge in [0.05, 0.1) is 6.04 Å². The summed E-state index contributed by atoms with van der Waals surface area (Å²) in [5.74, 6) is -0.171. The van der Waals surface area contributed by atoms with Crippen LogP contribution in [0.5, 0.6) is 0 Å². The molecule has 2 aromatic rings. The zero-order valence-electron chi connectivity index (χ0n) is 10.9. The average Bonchev–Trinajstić information content (AvgIpc) is 2.37. The van der Waals surface area contributed by atoms with Crippen LogP contribution < -0.4 is 5.32 Å². The highest BCUT2D eigenvalue weighted by atomic mass is 19.1. The molecule has 1 N–H and O–H groups in total. The lowest BCUT2D eigenvalue weighted by Gasteiger charge is -2.17. The Morgan fingerprint density at radius 2 is 1.83 bits per heavy atom. The highest BCUT2D eigenvalue weighted by Gasteiger charge is 2.13. The molecule has 1 atom stereocenters. The standard InChI is InChI=1S/C15H17FN2/c1-10-8-12(6-7-14(10)16)15(17-3)13-5-4-11(2)18-9-13/h4-9,15,17H,1-3H3. The molecule has 0 saturated carbocycles. The van der Waals surface area contributed by atoms with Crippen LogP contribution in [0, 0.1) is 19.7 Å². The fourth-order valence-corrected chi connectivity index (χ4v) is 2.02. The first-order valence-corrected chi connectivity index (χ1v) is 5.97. The molecule has 3 heteroatoms. The van der Waals surface area contributed by atoms with Gasteiger partial charge in [-0.1, -0.05) is 18.2 Å². The summed E-state index contributed by atoms with van der Waals surface area (Å²) in [6.07, 6.45) is 1.86. The summed E-state index contributed by atoms with van der Waals surface area (Å²) in [4.78, 5) is 4.30. The zero-order valence-corrected chi connectivity index (χ0v) is 10.9. The topological polar surface area (TPSA) is 24.9 Å². The van der Waals surface area contributed by atoms with Gasteiger partial charge in [0.1, 0.15) is 5.82 Å². The zero-order chi connectivity index (χ0) is 13.1. The van der Waals surface area contributed by atoms with Crippen LogP contribution in [0.1, 0.15) is 28.4 Å². The van der Waals surface area contributed by atoms with Gasteiger partial charge in [-0.05, 0) is 49.7 Å². The lowest BCUT2D eigenvalue weighted by molar-refractivity contribution is 0.614. The molecule has 0 aliphatic rings. The summed E-state index contributed by atoms with van der Waals surface area (Å²) in [6, 6.07) is 9.26. The van der Waals surface area contributed by atoms with E-state index in [-0.39, 0.29) is 11.9 Å². The number of rotatable bonds is 3. The van der Waals surface area contributed by atoms with Gasteiger partial charge in [-0.25, -0.2) is 4.39 Å². The summed E-state index contributed by atoms with van der Waals surface area (Å²) in [6.45, 7) is 3.74. The van der Waals surface area contributed by atoms with Crippen molar-refractivity contribution in [2.24, 2.45) is 0 Å². The van der Waals surface area contributed by atoms with Crippen molar-refractivity contribution in [3.63, 3.8) is 0 Å². The minimum atomic E-state index is -0.171. The third-order valence-corrected chi connectivity index (χ3v) is 3.07. The summed E-state index contributed by atoms with van der Waals surface area (Å²) in [5, 5.41) is 3.24. The first kappa shape index (κ1) is 12.7. The number of nitrogens with zero attached hydrogens (tertiary/aromatic N) is 1. The molecule has 1 unspecified atom stereocenters. The lowest BCUT2D eigenvalue weighted by Crippen LogP contribution is -2.18. The fourth-order valence-electron chi connectivity index (χ4n) is 2.02. The number of aryl methyl sites for hydroxylation is 2. The Bertz CT molecular complexity index is 535. The molecule has 94 valence electrons. The quantitative estimate of drug-likeness (QED) is 0.897. The molecule has 0 amide bonds. The van der Waals surface area contributed by atoms with Crippen LogP contribution >= 0.6 is 0 Å². The van der Waals surface area contributed by atoms with Gasteiger partial charge in [0.2, 0.25) is 0 Å². The fraction of sp³-hybridized carbons (Fsp3) is 0.267. The van der Waals surface area contributed by atoms with Crippen LogP contribution in [0.2, 0.25) is 0 Å². The molecule has 0 spiro atoms. The number of benzene rings is 1. The maximum Gasteiger partial charge on any atom is 0.126 e. The summed E-state index contributed by atoms with van der Waals surface area (Å²) in [7, 11) is 1.89. The molecule has 2 nitrogen and oxygen atoms in total. The van der Waals surface area contributed by atoms with Gasteiger partial charge in [-0.3, -0.25) is 4.98 Å². The van der Waals surface area contributed by atoms with E-state index in [9.17, 15) is 4.39 Å². The van der Waals surface area contributed by atoms with Crippen LogP contribution in [0.3, 0.4) is 0 Å². The van der Waals surface area contributed by atoms with E-state index in [0.717, 1.165) is 16.8 Å². The number of pyridine rings is 1. The summed E-state index contributed by atoms with van der Waals surface area (Å²) < 4.78 is 13.3. The molecule has 0 bridgehead atoms. The molecular weight excluding hydrogens is 227 g/mol. The number of hydrogen-bond donors (Lipinski definition) is 1. The maximum atomic E-state index is 13.3. The van der Waals surface area contributed by atoms with Crippen molar-refractivity contribution in [3.8, 4) is 0 Å². The minimum absolute atomic E-state index is 0.0393. The van der Waals surface area contributed by atoms with Crippen LogP contribution in [0.4, 0.5) is 4.39 Å². The Labute approximate surface area is 107 Å². The van der Waals surface area contributed by atoms with E-state index in [0.29, 0.717) is 5.56 Å². The smallest absolute Gasteiger partial charge is 0.126 e. The third-order valence-electron chi connectivity index (χ3n) is 3.07. The monoisotopic (exact) mass is 244 g/mol. The van der Waals surface area contributed by atoms with E-state index in [1.807, 2.05) is 44.4 Å².